The van der Waals surface area contributed by atoms with E-state index in [1.807, 2.05) is 24.4 Å². The molecule has 2 aliphatic rings. The lowest BCUT2D eigenvalue weighted by molar-refractivity contribution is 0.00591. The average molecular weight is 392 g/mol. The van der Waals surface area contributed by atoms with Crippen LogP contribution in [-0.2, 0) is 4.74 Å². The molecule has 0 N–H and O–H groups in total. The number of imidazole rings is 1. The van der Waals surface area contributed by atoms with Crippen molar-refractivity contribution in [1.82, 2.24) is 14.5 Å². The summed E-state index contributed by atoms with van der Waals surface area (Å²) in [5.41, 5.74) is 3.42. The molecule has 0 spiro atoms. The molecule has 3 aromatic rings. The van der Waals surface area contributed by atoms with Gasteiger partial charge in [0, 0.05) is 24.0 Å². The number of fused-ring (bicyclic) bond motifs is 3. The lowest BCUT2D eigenvalue weighted by Gasteiger charge is -2.32. The molecule has 5 rings (SSSR count). The first-order valence-corrected chi connectivity index (χ1v) is 10.6. The number of ether oxygens (including phenoxy) is 1. The van der Waals surface area contributed by atoms with Crippen molar-refractivity contribution in [3.63, 3.8) is 0 Å². The van der Waals surface area contributed by atoms with Gasteiger partial charge in [0.15, 0.2) is 0 Å². The third kappa shape index (κ3) is 3.28. The van der Waals surface area contributed by atoms with Crippen LogP contribution in [0.4, 0.5) is 4.39 Å². The van der Waals surface area contributed by atoms with Gasteiger partial charge >= 0.3 is 0 Å². The first-order valence-electron chi connectivity index (χ1n) is 10.6. The Morgan fingerprint density at radius 3 is 2.76 bits per heavy atom. The van der Waals surface area contributed by atoms with E-state index in [-0.39, 0.29) is 18.1 Å². The third-order valence-electron chi connectivity index (χ3n) is 6.52. The summed E-state index contributed by atoms with van der Waals surface area (Å²) in [5.74, 6) is 1.32. The van der Waals surface area contributed by atoms with Gasteiger partial charge in [-0.15, -0.1) is 0 Å². The highest BCUT2D eigenvalue weighted by Gasteiger charge is 2.31. The molecule has 2 fully saturated rings. The molecule has 0 unspecified atom stereocenters. The zero-order valence-electron chi connectivity index (χ0n) is 16.6. The van der Waals surface area contributed by atoms with Gasteiger partial charge in [-0.05, 0) is 63.6 Å². The summed E-state index contributed by atoms with van der Waals surface area (Å²) in [7, 11) is 0. The standard InChI is InChI=1S/C23H25FN4O/c1-14-10-18(8-9-29-14)28-22-19-11-15(12-25)2-7-20(19)26-13-21(22)27-23(28)16-3-5-17(24)6-4-16/h2,7,11,13-14,16-18H,3-6,8-10H2,1H3/t14-,16-,17+,18-/m1/s1. The van der Waals surface area contributed by atoms with Crippen LogP contribution in [0, 0.1) is 11.3 Å². The van der Waals surface area contributed by atoms with Crippen molar-refractivity contribution in [3.8, 4) is 6.07 Å². The smallest absolute Gasteiger partial charge is 0.113 e. The van der Waals surface area contributed by atoms with E-state index in [0.29, 0.717) is 18.4 Å². The molecule has 0 bridgehead atoms. The summed E-state index contributed by atoms with van der Waals surface area (Å²) in [6, 6.07) is 8.18. The lowest BCUT2D eigenvalue weighted by Crippen LogP contribution is -2.28. The summed E-state index contributed by atoms with van der Waals surface area (Å²) in [6.07, 6.45) is 6.09. The first kappa shape index (κ1) is 18.5. The van der Waals surface area contributed by atoms with Crippen LogP contribution in [0.5, 0.6) is 0 Å². The lowest BCUT2D eigenvalue weighted by atomic mass is 9.87. The number of nitrogens with zero attached hydrogens (tertiary/aromatic N) is 4. The molecule has 2 atom stereocenters. The van der Waals surface area contributed by atoms with Crippen molar-refractivity contribution in [2.24, 2.45) is 0 Å². The molecule has 1 saturated carbocycles. The Labute approximate surface area is 169 Å². The maximum Gasteiger partial charge on any atom is 0.113 e. The van der Waals surface area contributed by atoms with Crippen molar-refractivity contribution < 1.29 is 9.13 Å². The zero-order valence-corrected chi connectivity index (χ0v) is 16.6. The Balaban J connectivity index is 1.74. The van der Waals surface area contributed by atoms with E-state index in [4.69, 9.17) is 9.72 Å². The molecule has 2 aromatic heterocycles. The maximum atomic E-state index is 13.8. The molecule has 29 heavy (non-hydrogen) atoms. The number of aromatic nitrogens is 3. The Bertz CT molecular complexity index is 1090. The van der Waals surface area contributed by atoms with Gasteiger partial charge in [0.1, 0.15) is 17.5 Å². The van der Waals surface area contributed by atoms with Crippen LogP contribution < -0.4 is 0 Å². The van der Waals surface area contributed by atoms with Crippen LogP contribution in [-0.4, -0.2) is 33.4 Å². The second kappa shape index (κ2) is 7.38. The summed E-state index contributed by atoms with van der Waals surface area (Å²) in [5, 5.41) is 10.4. The molecule has 3 heterocycles. The number of alkyl halides is 1. The molecule has 1 saturated heterocycles. The van der Waals surface area contributed by atoms with Crippen molar-refractivity contribution in [1.29, 1.82) is 5.26 Å². The Hall–Kier alpha value is -2.52. The van der Waals surface area contributed by atoms with Crippen LogP contribution in [0.3, 0.4) is 0 Å². The highest BCUT2D eigenvalue weighted by Crippen LogP contribution is 2.40. The molecule has 150 valence electrons. The maximum absolute atomic E-state index is 13.8. The summed E-state index contributed by atoms with van der Waals surface area (Å²) in [4.78, 5) is 9.61. The van der Waals surface area contributed by atoms with Crippen molar-refractivity contribution >= 4 is 21.9 Å². The number of pyridine rings is 1. The normalized spacial score (nSPS) is 27.9. The Morgan fingerprint density at radius 2 is 2.00 bits per heavy atom. The molecule has 1 aliphatic heterocycles. The second-order valence-corrected chi connectivity index (χ2v) is 8.48. The van der Waals surface area contributed by atoms with E-state index in [9.17, 15) is 9.65 Å². The van der Waals surface area contributed by atoms with E-state index in [1.165, 1.54) is 0 Å². The zero-order chi connectivity index (χ0) is 20.0. The van der Waals surface area contributed by atoms with E-state index < -0.39 is 6.17 Å². The highest BCUT2D eigenvalue weighted by molar-refractivity contribution is 6.03. The van der Waals surface area contributed by atoms with E-state index >= 15 is 0 Å². The van der Waals surface area contributed by atoms with Gasteiger partial charge < -0.3 is 9.30 Å². The Kier molecular flexibility index (Phi) is 4.71. The molecular formula is C23H25FN4O. The quantitative estimate of drug-likeness (QED) is 0.602. The summed E-state index contributed by atoms with van der Waals surface area (Å²) < 4.78 is 22.0. The van der Waals surface area contributed by atoms with Crippen LogP contribution in [0.15, 0.2) is 24.4 Å². The van der Waals surface area contributed by atoms with Gasteiger partial charge in [-0.3, -0.25) is 4.98 Å². The molecule has 5 nitrogen and oxygen atoms in total. The number of hydrogen-bond donors (Lipinski definition) is 0. The largest absolute Gasteiger partial charge is 0.378 e. The van der Waals surface area contributed by atoms with Gasteiger partial charge in [0.25, 0.3) is 0 Å². The van der Waals surface area contributed by atoms with Gasteiger partial charge in [0.05, 0.1) is 35.0 Å². The minimum atomic E-state index is -0.687. The predicted octanol–water partition coefficient (Wildman–Crippen LogP) is 5.19. The topological polar surface area (TPSA) is 63.7 Å². The van der Waals surface area contributed by atoms with Gasteiger partial charge in [0.2, 0.25) is 0 Å². The fourth-order valence-corrected chi connectivity index (χ4v) is 5.04. The predicted molar refractivity (Wildman–Crippen MR) is 110 cm³/mol. The SMILES string of the molecule is C[C@@H]1C[C@H](n2c3c(cnc4ccc(C#N)cc43)nc2[C@H]2CC[C@@H](F)CC2)CCO1. The van der Waals surface area contributed by atoms with Crippen molar-refractivity contribution in [2.75, 3.05) is 6.61 Å². The molecule has 1 aliphatic carbocycles. The molecular weight excluding hydrogens is 367 g/mol. The minimum absolute atomic E-state index is 0.198. The van der Waals surface area contributed by atoms with Crippen LogP contribution in [0.2, 0.25) is 0 Å². The number of benzene rings is 1. The first-order chi connectivity index (χ1) is 14.1. The fourth-order valence-electron chi connectivity index (χ4n) is 5.04. The van der Waals surface area contributed by atoms with Crippen LogP contribution in [0.25, 0.3) is 21.9 Å². The van der Waals surface area contributed by atoms with Crippen LogP contribution >= 0.6 is 0 Å². The highest BCUT2D eigenvalue weighted by atomic mass is 19.1. The number of nitriles is 1. The third-order valence-corrected chi connectivity index (χ3v) is 6.52. The van der Waals surface area contributed by atoms with E-state index in [2.05, 4.69) is 22.5 Å². The average Bonchev–Trinajstić information content (AvgIpc) is 3.14. The number of hydrogen-bond acceptors (Lipinski definition) is 4. The summed E-state index contributed by atoms with van der Waals surface area (Å²) in [6.45, 7) is 2.85. The van der Waals surface area contributed by atoms with Crippen molar-refractivity contribution in [3.05, 3.63) is 35.8 Å². The molecule has 6 heteroatoms. The number of rotatable bonds is 2. The monoisotopic (exact) mass is 392 g/mol. The van der Waals surface area contributed by atoms with Gasteiger partial charge in [-0.1, -0.05) is 0 Å². The van der Waals surface area contributed by atoms with Crippen LogP contribution in [0.1, 0.15) is 68.8 Å². The molecule has 0 radical (unpaired) electrons. The van der Waals surface area contributed by atoms with Gasteiger partial charge in [-0.25, -0.2) is 9.37 Å². The van der Waals surface area contributed by atoms with E-state index in [1.54, 1.807) is 0 Å². The summed E-state index contributed by atoms with van der Waals surface area (Å²) >= 11 is 0. The van der Waals surface area contributed by atoms with Crippen molar-refractivity contribution in [2.45, 2.75) is 69.7 Å². The Morgan fingerprint density at radius 1 is 1.17 bits per heavy atom. The van der Waals surface area contributed by atoms with E-state index in [0.717, 1.165) is 60.1 Å². The minimum Gasteiger partial charge on any atom is -0.378 e. The van der Waals surface area contributed by atoms with Gasteiger partial charge in [-0.2, -0.15) is 5.26 Å². The molecule has 0 amide bonds. The second-order valence-electron chi connectivity index (χ2n) is 8.48. The fraction of sp³-hybridized carbons (Fsp3) is 0.522. The number of halogens is 1. The molecule has 1 aromatic carbocycles.